The highest BCUT2D eigenvalue weighted by molar-refractivity contribution is 7.12. The molecule has 0 spiro atoms. The molecule has 0 aliphatic rings. The largest absolute Gasteiger partial charge is 0.477 e. The van der Waals surface area contributed by atoms with Crippen LogP contribution >= 0.6 is 11.3 Å². The maximum absolute atomic E-state index is 10.7. The minimum absolute atomic E-state index is 0.0599. The van der Waals surface area contributed by atoms with Crippen LogP contribution < -0.4 is 4.74 Å². The molecule has 7 heteroatoms. The molecule has 0 saturated carbocycles. The van der Waals surface area contributed by atoms with Crippen molar-refractivity contribution in [2.75, 3.05) is 0 Å². The summed E-state index contributed by atoms with van der Waals surface area (Å²) in [5.74, 6) is -0.640. The molecular formula is C10H5N3O3S. The van der Waals surface area contributed by atoms with Crippen LogP contribution in [0.2, 0.25) is 0 Å². The number of ether oxygens (including phenoxy) is 1. The molecule has 2 heterocycles. The third-order valence-corrected chi connectivity index (χ3v) is 2.70. The average Bonchev–Trinajstić information content (AvgIpc) is 2.78. The molecule has 2 aromatic heterocycles. The maximum atomic E-state index is 10.7. The van der Waals surface area contributed by atoms with Crippen molar-refractivity contribution in [3.8, 4) is 17.7 Å². The fourth-order valence-corrected chi connectivity index (χ4v) is 1.72. The minimum Gasteiger partial charge on any atom is -0.477 e. The zero-order valence-corrected chi connectivity index (χ0v) is 9.14. The molecule has 0 amide bonds. The predicted octanol–water partition coefficient (Wildman–Crippen LogP) is 1.90. The van der Waals surface area contributed by atoms with Gasteiger partial charge in [0.1, 0.15) is 22.3 Å². The van der Waals surface area contributed by atoms with Gasteiger partial charge in [0.15, 0.2) is 0 Å². The van der Waals surface area contributed by atoms with Gasteiger partial charge in [-0.15, -0.1) is 16.4 Å². The van der Waals surface area contributed by atoms with E-state index in [1.807, 2.05) is 6.07 Å². The number of aromatic nitrogens is 2. The van der Waals surface area contributed by atoms with Gasteiger partial charge < -0.3 is 9.84 Å². The highest BCUT2D eigenvalue weighted by atomic mass is 32.1. The van der Waals surface area contributed by atoms with E-state index in [1.165, 1.54) is 23.7 Å². The van der Waals surface area contributed by atoms with Gasteiger partial charge in [-0.3, -0.25) is 0 Å². The summed E-state index contributed by atoms with van der Waals surface area (Å²) in [6.07, 6.45) is 1.38. The Hall–Kier alpha value is -2.46. The fourth-order valence-electron chi connectivity index (χ4n) is 1.08. The molecule has 0 aliphatic carbocycles. The molecule has 84 valence electrons. The molecule has 0 radical (unpaired) electrons. The Kier molecular flexibility index (Phi) is 2.98. The van der Waals surface area contributed by atoms with Crippen LogP contribution in [0.15, 0.2) is 23.7 Å². The second-order valence-electron chi connectivity index (χ2n) is 2.92. The zero-order chi connectivity index (χ0) is 12.3. The summed E-state index contributed by atoms with van der Waals surface area (Å²) < 4.78 is 5.28. The molecule has 0 aliphatic heterocycles. The third kappa shape index (κ3) is 2.38. The number of hydrogen-bond donors (Lipinski definition) is 1. The number of carboxylic acid groups (broad SMARTS) is 1. The summed E-state index contributed by atoms with van der Waals surface area (Å²) in [6, 6.07) is 4.73. The summed E-state index contributed by atoms with van der Waals surface area (Å²) in [6.45, 7) is 0. The number of hydrogen-bond acceptors (Lipinski definition) is 6. The molecule has 2 rings (SSSR count). The van der Waals surface area contributed by atoms with Crippen LogP contribution in [0.4, 0.5) is 0 Å². The van der Waals surface area contributed by atoms with Crippen LogP contribution in [0.3, 0.4) is 0 Å². The number of nitrogens with zero attached hydrogens (tertiary/aromatic N) is 3. The van der Waals surface area contributed by atoms with Crippen molar-refractivity contribution in [3.05, 3.63) is 34.2 Å². The molecule has 0 fully saturated rings. The van der Waals surface area contributed by atoms with E-state index >= 15 is 0 Å². The lowest BCUT2D eigenvalue weighted by Crippen LogP contribution is -1.93. The number of rotatable bonds is 3. The van der Waals surface area contributed by atoms with Crippen LogP contribution in [0.5, 0.6) is 11.6 Å². The van der Waals surface area contributed by atoms with Crippen LogP contribution in [0, 0.1) is 11.3 Å². The van der Waals surface area contributed by atoms with E-state index in [2.05, 4.69) is 10.2 Å². The van der Waals surface area contributed by atoms with Crippen LogP contribution in [-0.4, -0.2) is 21.3 Å². The van der Waals surface area contributed by atoms with Gasteiger partial charge in [-0.2, -0.15) is 10.4 Å². The SMILES string of the molecule is N#Cc1ccnnc1Oc1csc(C(=O)O)c1. The highest BCUT2D eigenvalue weighted by Crippen LogP contribution is 2.27. The standard InChI is InChI=1S/C10H5N3O3S/c11-4-6-1-2-12-13-9(6)16-7-3-8(10(14)15)17-5-7/h1-3,5H,(H,14,15). The lowest BCUT2D eigenvalue weighted by atomic mass is 10.3. The molecule has 6 nitrogen and oxygen atoms in total. The van der Waals surface area contributed by atoms with Gasteiger partial charge in [-0.1, -0.05) is 0 Å². The monoisotopic (exact) mass is 247 g/mol. The van der Waals surface area contributed by atoms with Crippen LogP contribution in [-0.2, 0) is 0 Å². The van der Waals surface area contributed by atoms with Gasteiger partial charge in [0.2, 0.25) is 0 Å². The van der Waals surface area contributed by atoms with E-state index in [4.69, 9.17) is 15.1 Å². The van der Waals surface area contributed by atoms with Crippen LogP contribution in [0.1, 0.15) is 15.2 Å². The topological polar surface area (TPSA) is 96.1 Å². The molecule has 2 aromatic rings. The first-order valence-corrected chi connectivity index (χ1v) is 5.30. The molecule has 0 atom stereocenters. The Morgan fingerprint density at radius 1 is 1.59 bits per heavy atom. The van der Waals surface area contributed by atoms with E-state index in [0.29, 0.717) is 5.75 Å². The van der Waals surface area contributed by atoms with Gasteiger partial charge in [-0.25, -0.2) is 4.79 Å². The molecule has 0 aromatic carbocycles. The Labute approximate surface area is 99.7 Å². The number of aromatic carboxylic acids is 1. The average molecular weight is 247 g/mol. The summed E-state index contributed by atoms with van der Waals surface area (Å²) in [7, 11) is 0. The second-order valence-corrected chi connectivity index (χ2v) is 3.83. The van der Waals surface area contributed by atoms with E-state index < -0.39 is 5.97 Å². The summed E-state index contributed by atoms with van der Waals surface area (Å²) >= 11 is 1.03. The van der Waals surface area contributed by atoms with Crippen molar-refractivity contribution in [1.82, 2.24) is 10.2 Å². The smallest absolute Gasteiger partial charge is 0.346 e. The number of carbonyl (C=O) groups is 1. The lowest BCUT2D eigenvalue weighted by Gasteiger charge is -2.01. The van der Waals surface area contributed by atoms with Gasteiger partial charge in [0, 0.05) is 11.4 Å². The van der Waals surface area contributed by atoms with Gasteiger partial charge in [0.25, 0.3) is 5.88 Å². The number of thiophene rings is 1. The van der Waals surface area contributed by atoms with E-state index in [-0.39, 0.29) is 16.3 Å². The Balaban J connectivity index is 2.26. The summed E-state index contributed by atoms with van der Waals surface area (Å²) in [4.78, 5) is 10.8. The Morgan fingerprint density at radius 3 is 3.06 bits per heavy atom. The van der Waals surface area contributed by atoms with Crippen molar-refractivity contribution < 1.29 is 14.6 Å². The van der Waals surface area contributed by atoms with Gasteiger partial charge in [-0.05, 0) is 6.07 Å². The van der Waals surface area contributed by atoms with Crippen molar-refractivity contribution in [2.45, 2.75) is 0 Å². The Bertz CT molecular complexity index is 603. The molecule has 0 unspecified atom stereocenters. The summed E-state index contributed by atoms with van der Waals surface area (Å²) in [5.41, 5.74) is 0.239. The molecular weight excluding hydrogens is 242 g/mol. The molecule has 0 bridgehead atoms. The molecule has 17 heavy (non-hydrogen) atoms. The second kappa shape index (κ2) is 4.59. The van der Waals surface area contributed by atoms with Crippen molar-refractivity contribution in [2.24, 2.45) is 0 Å². The van der Waals surface area contributed by atoms with Crippen molar-refractivity contribution in [3.63, 3.8) is 0 Å². The molecule has 0 saturated heterocycles. The Morgan fingerprint density at radius 2 is 2.41 bits per heavy atom. The normalized spacial score (nSPS) is 9.59. The first-order valence-electron chi connectivity index (χ1n) is 4.42. The fraction of sp³-hybridized carbons (Fsp3) is 0. The molecule has 1 N–H and O–H groups in total. The van der Waals surface area contributed by atoms with E-state index in [0.717, 1.165) is 11.3 Å². The van der Waals surface area contributed by atoms with Gasteiger partial charge in [0.05, 0.1) is 6.20 Å². The van der Waals surface area contributed by atoms with Gasteiger partial charge >= 0.3 is 5.97 Å². The van der Waals surface area contributed by atoms with Crippen LogP contribution in [0.25, 0.3) is 0 Å². The number of nitriles is 1. The number of carboxylic acids is 1. The third-order valence-electron chi connectivity index (χ3n) is 1.81. The van der Waals surface area contributed by atoms with E-state index in [9.17, 15) is 4.79 Å². The van der Waals surface area contributed by atoms with E-state index in [1.54, 1.807) is 0 Å². The quantitative estimate of drug-likeness (QED) is 0.889. The zero-order valence-electron chi connectivity index (χ0n) is 8.32. The minimum atomic E-state index is -1.02. The first kappa shape index (κ1) is 11.0. The summed E-state index contributed by atoms with van der Waals surface area (Å²) in [5, 5.41) is 26.3. The van der Waals surface area contributed by atoms with Crippen molar-refractivity contribution >= 4 is 17.3 Å². The highest BCUT2D eigenvalue weighted by Gasteiger charge is 2.11. The predicted molar refractivity (Wildman–Crippen MR) is 58.1 cm³/mol. The first-order chi connectivity index (χ1) is 8.20. The lowest BCUT2D eigenvalue weighted by molar-refractivity contribution is 0.0702. The maximum Gasteiger partial charge on any atom is 0.346 e. The van der Waals surface area contributed by atoms with Crippen molar-refractivity contribution in [1.29, 1.82) is 5.26 Å².